The summed E-state index contributed by atoms with van der Waals surface area (Å²) in [4.78, 5) is 22.4. The van der Waals surface area contributed by atoms with Crippen molar-refractivity contribution in [2.45, 2.75) is 25.9 Å². The molecule has 0 aliphatic rings. The lowest BCUT2D eigenvalue weighted by molar-refractivity contribution is -0.195. The Bertz CT molecular complexity index is 445. The zero-order valence-corrected chi connectivity index (χ0v) is 10.6. The molecule has 0 saturated carbocycles. The van der Waals surface area contributed by atoms with Gasteiger partial charge in [0.15, 0.2) is 0 Å². The zero-order valence-electron chi connectivity index (χ0n) is 10.6. The van der Waals surface area contributed by atoms with E-state index in [1.54, 1.807) is 6.07 Å². The van der Waals surface area contributed by atoms with Crippen LogP contribution in [0, 0.1) is 0 Å². The Labute approximate surface area is 109 Å². The SMILES string of the molecule is CCOC(=O)[C@@H](OC(C)=O)C(F)(F)c1ccccc1. The third-order valence-electron chi connectivity index (χ3n) is 2.27. The van der Waals surface area contributed by atoms with Gasteiger partial charge in [0.05, 0.1) is 6.61 Å². The molecule has 0 spiro atoms. The van der Waals surface area contributed by atoms with Crippen molar-refractivity contribution in [3.8, 4) is 0 Å². The van der Waals surface area contributed by atoms with Gasteiger partial charge in [-0.05, 0) is 6.92 Å². The molecular formula is C13H14F2O4. The van der Waals surface area contributed by atoms with Crippen LogP contribution in [-0.2, 0) is 25.0 Å². The first-order chi connectivity index (χ1) is 8.89. The van der Waals surface area contributed by atoms with Crippen LogP contribution in [0.25, 0.3) is 0 Å². The van der Waals surface area contributed by atoms with Crippen LogP contribution in [0.3, 0.4) is 0 Å². The summed E-state index contributed by atoms with van der Waals surface area (Å²) in [5.74, 6) is -5.90. The number of ether oxygens (including phenoxy) is 2. The third kappa shape index (κ3) is 3.74. The van der Waals surface area contributed by atoms with Gasteiger partial charge in [-0.1, -0.05) is 30.3 Å². The molecule has 19 heavy (non-hydrogen) atoms. The standard InChI is InChI=1S/C13H14F2O4/c1-3-18-12(17)11(19-9(2)16)13(14,15)10-7-5-4-6-8-10/h4-8,11H,3H2,1-2H3/t11-/m1/s1. The van der Waals surface area contributed by atoms with E-state index in [4.69, 9.17) is 0 Å². The average Bonchev–Trinajstić information content (AvgIpc) is 2.37. The predicted molar refractivity (Wildman–Crippen MR) is 62.5 cm³/mol. The van der Waals surface area contributed by atoms with Crippen molar-refractivity contribution in [1.29, 1.82) is 0 Å². The normalized spacial score (nSPS) is 12.6. The fourth-order valence-corrected chi connectivity index (χ4v) is 1.47. The van der Waals surface area contributed by atoms with E-state index >= 15 is 0 Å². The molecule has 1 rings (SSSR count). The summed E-state index contributed by atoms with van der Waals surface area (Å²) >= 11 is 0. The van der Waals surface area contributed by atoms with Gasteiger partial charge < -0.3 is 9.47 Å². The summed E-state index contributed by atoms with van der Waals surface area (Å²) in [7, 11) is 0. The fourth-order valence-electron chi connectivity index (χ4n) is 1.47. The minimum atomic E-state index is -3.65. The Hall–Kier alpha value is -1.98. The summed E-state index contributed by atoms with van der Waals surface area (Å²) < 4.78 is 37.3. The Morgan fingerprint density at radius 3 is 2.32 bits per heavy atom. The molecule has 0 fully saturated rings. The van der Waals surface area contributed by atoms with E-state index in [1.165, 1.54) is 19.1 Å². The highest BCUT2D eigenvalue weighted by molar-refractivity contribution is 5.80. The number of hydrogen-bond donors (Lipinski definition) is 0. The highest BCUT2D eigenvalue weighted by Gasteiger charge is 2.49. The molecule has 0 aliphatic heterocycles. The van der Waals surface area contributed by atoms with E-state index in [9.17, 15) is 18.4 Å². The second-order valence-corrected chi connectivity index (χ2v) is 3.73. The van der Waals surface area contributed by atoms with Crippen LogP contribution in [0.4, 0.5) is 8.78 Å². The topological polar surface area (TPSA) is 52.6 Å². The lowest BCUT2D eigenvalue weighted by Crippen LogP contribution is -2.42. The number of carbonyl (C=O) groups is 2. The Kier molecular flexibility index (Phi) is 4.97. The Morgan fingerprint density at radius 1 is 1.26 bits per heavy atom. The zero-order chi connectivity index (χ0) is 14.5. The smallest absolute Gasteiger partial charge is 0.354 e. The van der Waals surface area contributed by atoms with Gasteiger partial charge in [-0.15, -0.1) is 0 Å². The lowest BCUT2D eigenvalue weighted by Gasteiger charge is -2.24. The van der Waals surface area contributed by atoms with E-state index in [0.717, 1.165) is 19.1 Å². The van der Waals surface area contributed by atoms with E-state index in [-0.39, 0.29) is 6.61 Å². The fraction of sp³-hybridized carbons (Fsp3) is 0.385. The second-order valence-electron chi connectivity index (χ2n) is 3.73. The second kappa shape index (κ2) is 6.26. The van der Waals surface area contributed by atoms with Crippen LogP contribution in [0.2, 0.25) is 0 Å². The first kappa shape index (κ1) is 15.1. The summed E-state index contributed by atoms with van der Waals surface area (Å²) in [6, 6.07) is 6.66. The van der Waals surface area contributed by atoms with Crippen molar-refractivity contribution in [3.05, 3.63) is 35.9 Å². The van der Waals surface area contributed by atoms with Gasteiger partial charge in [0.1, 0.15) is 0 Å². The first-order valence-electron chi connectivity index (χ1n) is 5.66. The van der Waals surface area contributed by atoms with Gasteiger partial charge in [0.25, 0.3) is 6.10 Å². The van der Waals surface area contributed by atoms with E-state index in [2.05, 4.69) is 9.47 Å². The minimum Gasteiger partial charge on any atom is -0.463 e. The molecule has 0 aromatic heterocycles. The van der Waals surface area contributed by atoms with Gasteiger partial charge in [-0.25, -0.2) is 4.79 Å². The molecular weight excluding hydrogens is 258 g/mol. The average molecular weight is 272 g/mol. The van der Waals surface area contributed by atoms with Crippen molar-refractivity contribution in [3.63, 3.8) is 0 Å². The lowest BCUT2D eigenvalue weighted by atomic mass is 10.0. The molecule has 6 heteroatoms. The number of benzene rings is 1. The van der Waals surface area contributed by atoms with Crippen LogP contribution in [0.1, 0.15) is 19.4 Å². The summed E-state index contributed by atoms with van der Waals surface area (Å²) in [5.41, 5.74) is -0.422. The summed E-state index contributed by atoms with van der Waals surface area (Å²) in [5, 5.41) is 0. The molecule has 0 saturated heterocycles. The van der Waals surface area contributed by atoms with E-state index in [0.29, 0.717) is 0 Å². The highest BCUT2D eigenvalue weighted by atomic mass is 19.3. The van der Waals surface area contributed by atoms with E-state index < -0.39 is 29.5 Å². The van der Waals surface area contributed by atoms with Gasteiger partial charge in [0, 0.05) is 12.5 Å². The molecule has 0 aliphatic carbocycles. The maximum Gasteiger partial charge on any atom is 0.354 e. The van der Waals surface area contributed by atoms with Crippen molar-refractivity contribution in [2.24, 2.45) is 0 Å². The van der Waals surface area contributed by atoms with Gasteiger partial charge in [0.2, 0.25) is 0 Å². The van der Waals surface area contributed by atoms with Crippen molar-refractivity contribution in [1.82, 2.24) is 0 Å². The first-order valence-corrected chi connectivity index (χ1v) is 5.66. The van der Waals surface area contributed by atoms with Gasteiger partial charge in [-0.2, -0.15) is 8.78 Å². The molecule has 0 bridgehead atoms. The summed E-state index contributed by atoms with van der Waals surface area (Å²) in [6.45, 7) is 2.35. The monoisotopic (exact) mass is 272 g/mol. The van der Waals surface area contributed by atoms with Crippen molar-refractivity contribution >= 4 is 11.9 Å². The summed E-state index contributed by atoms with van der Waals surface area (Å²) in [6.07, 6.45) is -2.28. The van der Waals surface area contributed by atoms with Gasteiger partial charge in [-0.3, -0.25) is 4.79 Å². The highest BCUT2D eigenvalue weighted by Crippen LogP contribution is 2.34. The number of halogens is 2. The van der Waals surface area contributed by atoms with Crippen molar-refractivity contribution < 1.29 is 27.8 Å². The molecule has 104 valence electrons. The quantitative estimate of drug-likeness (QED) is 0.772. The van der Waals surface area contributed by atoms with Crippen LogP contribution in [0.15, 0.2) is 30.3 Å². The molecule has 0 amide bonds. The number of carbonyl (C=O) groups excluding carboxylic acids is 2. The molecule has 1 atom stereocenters. The molecule has 0 heterocycles. The maximum absolute atomic E-state index is 14.2. The van der Waals surface area contributed by atoms with Crippen LogP contribution >= 0.6 is 0 Å². The Balaban J connectivity index is 3.08. The Morgan fingerprint density at radius 2 is 1.84 bits per heavy atom. The van der Waals surface area contributed by atoms with Crippen molar-refractivity contribution in [2.75, 3.05) is 6.61 Å². The molecule has 0 unspecified atom stereocenters. The van der Waals surface area contributed by atoms with Crippen LogP contribution in [0.5, 0.6) is 0 Å². The van der Waals surface area contributed by atoms with Crippen LogP contribution < -0.4 is 0 Å². The third-order valence-corrected chi connectivity index (χ3v) is 2.27. The molecule has 0 radical (unpaired) electrons. The number of rotatable bonds is 5. The maximum atomic E-state index is 14.2. The number of esters is 2. The molecule has 1 aromatic carbocycles. The molecule has 4 nitrogen and oxygen atoms in total. The number of alkyl halides is 2. The molecule has 1 aromatic rings. The van der Waals surface area contributed by atoms with Gasteiger partial charge >= 0.3 is 17.9 Å². The number of hydrogen-bond acceptors (Lipinski definition) is 4. The van der Waals surface area contributed by atoms with Crippen LogP contribution in [-0.4, -0.2) is 24.6 Å². The molecule has 0 N–H and O–H groups in total. The minimum absolute atomic E-state index is 0.0819. The predicted octanol–water partition coefficient (Wildman–Crippen LogP) is 2.27. The van der Waals surface area contributed by atoms with E-state index in [1.807, 2.05) is 0 Å². The largest absolute Gasteiger partial charge is 0.463 e.